The molecule has 0 radical (unpaired) electrons. The highest BCUT2D eigenvalue weighted by atomic mass is 79.9. The SMILES string of the molecule is CC(C)(C)CCNCc1cc2c(cc1Br)OCO2. The summed E-state index contributed by atoms with van der Waals surface area (Å²) in [6, 6.07) is 4.01. The van der Waals surface area contributed by atoms with Crippen molar-refractivity contribution in [3.05, 3.63) is 22.2 Å². The van der Waals surface area contributed by atoms with Gasteiger partial charge in [-0.05, 0) is 36.1 Å². The summed E-state index contributed by atoms with van der Waals surface area (Å²) in [7, 11) is 0. The summed E-state index contributed by atoms with van der Waals surface area (Å²) < 4.78 is 11.8. The van der Waals surface area contributed by atoms with E-state index in [1.54, 1.807) is 0 Å². The molecule has 2 rings (SSSR count). The average Bonchev–Trinajstić information content (AvgIpc) is 2.70. The second kappa shape index (κ2) is 5.49. The molecule has 0 aromatic heterocycles. The van der Waals surface area contributed by atoms with E-state index in [-0.39, 0.29) is 0 Å². The van der Waals surface area contributed by atoms with Gasteiger partial charge in [0.15, 0.2) is 11.5 Å². The van der Waals surface area contributed by atoms with Crippen molar-refractivity contribution in [3.8, 4) is 11.5 Å². The topological polar surface area (TPSA) is 30.5 Å². The van der Waals surface area contributed by atoms with E-state index >= 15 is 0 Å². The molecule has 1 aliphatic rings. The van der Waals surface area contributed by atoms with Crippen LogP contribution in [0.4, 0.5) is 0 Å². The van der Waals surface area contributed by atoms with Gasteiger partial charge in [0.1, 0.15) is 0 Å². The van der Waals surface area contributed by atoms with Gasteiger partial charge in [0.2, 0.25) is 6.79 Å². The highest BCUT2D eigenvalue weighted by Gasteiger charge is 2.16. The highest BCUT2D eigenvalue weighted by molar-refractivity contribution is 9.10. The van der Waals surface area contributed by atoms with Crippen molar-refractivity contribution in [2.45, 2.75) is 33.7 Å². The molecule has 1 N–H and O–H groups in total. The number of halogens is 1. The van der Waals surface area contributed by atoms with Crippen LogP contribution >= 0.6 is 15.9 Å². The summed E-state index contributed by atoms with van der Waals surface area (Å²) in [5.41, 5.74) is 1.58. The quantitative estimate of drug-likeness (QED) is 0.860. The fraction of sp³-hybridized carbons (Fsp3) is 0.571. The third-order valence-corrected chi connectivity index (χ3v) is 3.65. The Hall–Kier alpha value is -0.740. The smallest absolute Gasteiger partial charge is 0.231 e. The third-order valence-electron chi connectivity index (χ3n) is 2.91. The van der Waals surface area contributed by atoms with Crippen LogP contribution in [-0.4, -0.2) is 13.3 Å². The maximum absolute atomic E-state index is 5.38. The molecule has 4 heteroatoms. The minimum absolute atomic E-state index is 0.322. The lowest BCUT2D eigenvalue weighted by Gasteiger charge is -2.18. The number of rotatable bonds is 4. The predicted molar refractivity (Wildman–Crippen MR) is 76.0 cm³/mol. The molecule has 1 aliphatic heterocycles. The van der Waals surface area contributed by atoms with Crippen molar-refractivity contribution in [1.29, 1.82) is 0 Å². The lowest BCUT2D eigenvalue weighted by Crippen LogP contribution is -2.20. The van der Waals surface area contributed by atoms with Gasteiger partial charge in [-0.15, -0.1) is 0 Å². The molecule has 0 saturated carbocycles. The summed E-state index contributed by atoms with van der Waals surface area (Å²) >= 11 is 3.57. The molecule has 0 aliphatic carbocycles. The lowest BCUT2D eigenvalue weighted by molar-refractivity contribution is 0.174. The van der Waals surface area contributed by atoms with Crippen molar-refractivity contribution in [1.82, 2.24) is 5.32 Å². The number of hydrogen-bond donors (Lipinski definition) is 1. The monoisotopic (exact) mass is 313 g/mol. The molecule has 0 amide bonds. The van der Waals surface area contributed by atoms with E-state index in [4.69, 9.17) is 9.47 Å². The Morgan fingerprint density at radius 1 is 1.22 bits per heavy atom. The van der Waals surface area contributed by atoms with Crippen LogP contribution in [0.1, 0.15) is 32.8 Å². The minimum Gasteiger partial charge on any atom is -0.454 e. The average molecular weight is 314 g/mol. The van der Waals surface area contributed by atoms with E-state index in [9.17, 15) is 0 Å². The van der Waals surface area contributed by atoms with Crippen LogP contribution in [0.2, 0.25) is 0 Å². The van der Waals surface area contributed by atoms with Gasteiger partial charge in [0.25, 0.3) is 0 Å². The van der Waals surface area contributed by atoms with Crippen molar-refractivity contribution in [2.75, 3.05) is 13.3 Å². The number of nitrogens with one attached hydrogen (secondary N) is 1. The summed E-state index contributed by atoms with van der Waals surface area (Å²) in [4.78, 5) is 0. The molecule has 18 heavy (non-hydrogen) atoms. The molecule has 0 spiro atoms. The van der Waals surface area contributed by atoms with Gasteiger partial charge < -0.3 is 14.8 Å². The van der Waals surface area contributed by atoms with Crippen molar-refractivity contribution < 1.29 is 9.47 Å². The molecule has 1 aromatic carbocycles. The van der Waals surface area contributed by atoms with E-state index in [1.807, 2.05) is 12.1 Å². The molecule has 0 atom stereocenters. The Morgan fingerprint density at radius 3 is 2.56 bits per heavy atom. The minimum atomic E-state index is 0.322. The Bertz CT molecular complexity index is 427. The van der Waals surface area contributed by atoms with Gasteiger partial charge >= 0.3 is 0 Å². The van der Waals surface area contributed by atoms with Crippen LogP contribution in [0, 0.1) is 5.41 Å². The summed E-state index contributed by atoms with van der Waals surface area (Å²) in [6.07, 6.45) is 1.16. The number of fused-ring (bicyclic) bond motifs is 1. The number of benzene rings is 1. The van der Waals surface area contributed by atoms with Crippen LogP contribution in [0.25, 0.3) is 0 Å². The zero-order valence-corrected chi connectivity index (χ0v) is 12.8. The van der Waals surface area contributed by atoms with E-state index in [0.29, 0.717) is 12.2 Å². The first kappa shape index (κ1) is 13.7. The van der Waals surface area contributed by atoms with Crippen LogP contribution in [0.5, 0.6) is 11.5 Å². The Labute approximate surface area is 117 Å². The molecule has 0 saturated heterocycles. The zero-order chi connectivity index (χ0) is 13.2. The van der Waals surface area contributed by atoms with Gasteiger partial charge in [-0.1, -0.05) is 36.7 Å². The Morgan fingerprint density at radius 2 is 1.89 bits per heavy atom. The first-order valence-corrected chi connectivity index (χ1v) is 7.04. The summed E-state index contributed by atoms with van der Waals surface area (Å²) in [5, 5.41) is 3.46. The van der Waals surface area contributed by atoms with Crippen molar-refractivity contribution in [3.63, 3.8) is 0 Å². The van der Waals surface area contributed by atoms with Crippen LogP contribution in [0.3, 0.4) is 0 Å². The molecule has 3 nitrogen and oxygen atoms in total. The lowest BCUT2D eigenvalue weighted by atomic mass is 9.92. The fourth-order valence-corrected chi connectivity index (χ4v) is 2.24. The number of ether oxygens (including phenoxy) is 2. The van der Waals surface area contributed by atoms with Gasteiger partial charge in [-0.25, -0.2) is 0 Å². The number of hydrogen-bond acceptors (Lipinski definition) is 3. The molecule has 1 heterocycles. The molecular weight excluding hydrogens is 294 g/mol. The van der Waals surface area contributed by atoms with E-state index in [2.05, 4.69) is 42.0 Å². The molecule has 0 fully saturated rings. The molecule has 1 aromatic rings. The highest BCUT2D eigenvalue weighted by Crippen LogP contribution is 2.36. The second-order valence-corrected chi connectivity index (χ2v) is 6.64. The van der Waals surface area contributed by atoms with Gasteiger partial charge in [0, 0.05) is 11.0 Å². The van der Waals surface area contributed by atoms with Gasteiger partial charge in [-0.2, -0.15) is 0 Å². The molecular formula is C14H20BrNO2. The van der Waals surface area contributed by atoms with Crippen LogP contribution in [-0.2, 0) is 6.54 Å². The van der Waals surface area contributed by atoms with Gasteiger partial charge in [-0.3, -0.25) is 0 Å². The van der Waals surface area contributed by atoms with E-state index in [0.717, 1.165) is 35.5 Å². The first-order chi connectivity index (χ1) is 8.46. The molecule has 100 valence electrons. The molecule has 0 unspecified atom stereocenters. The standard InChI is InChI=1S/C14H20BrNO2/c1-14(2,3)4-5-16-8-10-6-12-13(7-11(10)15)18-9-17-12/h6-7,16H,4-5,8-9H2,1-3H3. The zero-order valence-electron chi connectivity index (χ0n) is 11.2. The first-order valence-electron chi connectivity index (χ1n) is 6.24. The maximum atomic E-state index is 5.38. The van der Waals surface area contributed by atoms with Crippen LogP contribution in [0.15, 0.2) is 16.6 Å². The molecule has 0 bridgehead atoms. The third kappa shape index (κ3) is 3.62. The summed E-state index contributed by atoms with van der Waals surface area (Å²) in [6.45, 7) is 8.95. The van der Waals surface area contributed by atoms with Crippen molar-refractivity contribution in [2.24, 2.45) is 5.41 Å². The van der Waals surface area contributed by atoms with Gasteiger partial charge in [0.05, 0.1) is 0 Å². The predicted octanol–water partition coefficient (Wildman–Crippen LogP) is 3.70. The summed E-state index contributed by atoms with van der Waals surface area (Å²) in [5.74, 6) is 1.66. The largest absolute Gasteiger partial charge is 0.454 e. The fourth-order valence-electron chi connectivity index (χ4n) is 1.78. The van der Waals surface area contributed by atoms with E-state index < -0.39 is 0 Å². The van der Waals surface area contributed by atoms with Crippen molar-refractivity contribution >= 4 is 15.9 Å². The second-order valence-electron chi connectivity index (χ2n) is 5.78. The van der Waals surface area contributed by atoms with Crippen LogP contribution < -0.4 is 14.8 Å². The Kier molecular flexibility index (Phi) is 4.17. The normalized spacial score (nSPS) is 14.0. The van der Waals surface area contributed by atoms with E-state index in [1.165, 1.54) is 5.56 Å². The maximum Gasteiger partial charge on any atom is 0.231 e. The Balaban J connectivity index is 1.90.